The van der Waals surface area contributed by atoms with Gasteiger partial charge in [-0.2, -0.15) is 0 Å². The Bertz CT molecular complexity index is 3720. The third kappa shape index (κ3) is 5.95. The molecule has 0 fully saturated rings. The van der Waals surface area contributed by atoms with Crippen molar-refractivity contribution >= 4 is 92.4 Å². The summed E-state index contributed by atoms with van der Waals surface area (Å²) >= 11 is 1.87. The van der Waals surface area contributed by atoms with E-state index < -0.39 is 0 Å². The first-order valence-electron chi connectivity index (χ1n) is 21.6. The molecule has 0 amide bonds. The summed E-state index contributed by atoms with van der Waals surface area (Å²) in [6, 6.07) is 80.4. The van der Waals surface area contributed by atoms with Gasteiger partial charge in [0.1, 0.15) is 22.3 Å². The van der Waals surface area contributed by atoms with Crippen molar-refractivity contribution in [3.8, 4) is 44.5 Å². The fraction of sp³-hybridized carbons (Fsp3) is 0. The van der Waals surface area contributed by atoms with Gasteiger partial charge in [-0.05, 0) is 111 Å². The van der Waals surface area contributed by atoms with E-state index in [-0.39, 0.29) is 0 Å². The van der Waals surface area contributed by atoms with Crippen molar-refractivity contribution in [1.29, 1.82) is 0 Å². The molecule has 0 atom stereocenters. The number of fused-ring (bicyclic) bond motifs is 9. The summed E-state index contributed by atoms with van der Waals surface area (Å²) in [5.74, 6) is 0. The molecule has 300 valence electrons. The molecule has 0 saturated heterocycles. The van der Waals surface area contributed by atoms with Crippen LogP contribution in [0.4, 0.5) is 17.1 Å². The summed E-state index contributed by atoms with van der Waals surface area (Å²) in [6.45, 7) is 0. The van der Waals surface area contributed by atoms with Crippen molar-refractivity contribution in [3.63, 3.8) is 0 Å². The van der Waals surface area contributed by atoms with Crippen molar-refractivity contribution in [1.82, 2.24) is 0 Å². The fourth-order valence-electron chi connectivity index (χ4n) is 9.68. The molecule has 10 aromatic carbocycles. The summed E-state index contributed by atoms with van der Waals surface area (Å²) in [4.78, 5) is 2.34. The first kappa shape index (κ1) is 36.5. The summed E-state index contributed by atoms with van der Waals surface area (Å²) in [7, 11) is 0. The SMILES string of the molecule is c1ccc2c(c1)oc1cccc(-c3ccc(N(c4ccc(-c5ccc(-c6cccc7c6sc6ccccc67)cc5)cc4)c4ccc(-c5cccc6oc7ccccc7c56)cc4)cc3)c12. The molecule has 0 aliphatic heterocycles. The minimum atomic E-state index is 0.895. The summed E-state index contributed by atoms with van der Waals surface area (Å²) in [6.07, 6.45) is 0. The van der Waals surface area contributed by atoms with Crippen LogP contribution in [0.3, 0.4) is 0 Å². The van der Waals surface area contributed by atoms with E-state index in [0.29, 0.717) is 0 Å². The Morgan fingerprint density at radius 2 is 0.656 bits per heavy atom. The predicted octanol–water partition coefficient (Wildman–Crippen LogP) is 18.0. The average Bonchev–Trinajstić information content (AvgIpc) is 4.07. The maximum atomic E-state index is 6.25. The van der Waals surface area contributed by atoms with Crippen LogP contribution in [0, 0.1) is 0 Å². The molecule has 3 aromatic heterocycles. The van der Waals surface area contributed by atoms with E-state index in [1.165, 1.54) is 42.4 Å². The second-order valence-electron chi connectivity index (χ2n) is 16.4. The van der Waals surface area contributed by atoms with E-state index in [0.717, 1.165) is 83.2 Å². The van der Waals surface area contributed by atoms with Crippen molar-refractivity contribution in [3.05, 3.63) is 224 Å². The first-order valence-corrected chi connectivity index (χ1v) is 22.5. The lowest BCUT2D eigenvalue weighted by molar-refractivity contribution is 0.668. The van der Waals surface area contributed by atoms with Crippen LogP contribution in [0.2, 0.25) is 0 Å². The zero-order chi connectivity index (χ0) is 42.1. The van der Waals surface area contributed by atoms with Crippen molar-refractivity contribution in [2.45, 2.75) is 0 Å². The Balaban J connectivity index is 0.871. The number of hydrogen-bond acceptors (Lipinski definition) is 4. The number of para-hydroxylation sites is 2. The van der Waals surface area contributed by atoms with Gasteiger partial charge in [0.2, 0.25) is 0 Å². The molecule has 3 heterocycles. The number of thiophene rings is 1. The van der Waals surface area contributed by atoms with Gasteiger partial charge in [0.25, 0.3) is 0 Å². The van der Waals surface area contributed by atoms with E-state index in [2.05, 4.69) is 205 Å². The topological polar surface area (TPSA) is 29.5 Å². The van der Waals surface area contributed by atoms with Gasteiger partial charge in [-0.3, -0.25) is 0 Å². The first-order chi connectivity index (χ1) is 31.7. The molecule has 0 N–H and O–H groups in total. The van der Waals surface area contributed by atoms with Crippen molar-refractivity contribution in [2.24, 2.45) is 0 Å². The lowest BCUT2D eigenvalue weighted by atomic mass is 9.98. The molecule has 0 unspecified atom stereocenters. The van der Waals surface area contributed by atoms with E-state index in [1.54, 1.807) is 0 Å². The van der Waals surface area contributed by atoms with Crippen LogP contribution >= 0.6 is 11.3 Å². The summed E-state index contributed by atoms with van der Waals surface area (Å²) in [5, 5.41) is 7.17. The van der Waals surface area contributed by atoms with Gasteiger partial charge < -0.3 is 13.7 Å². The Morgan fingerprint density at radius 3 is 1.20 bits per heavy atom. The Kier molecular flexibility index (Phi) is 8.40. The molecular weight excluding hydrogens is 799 g/mol. The maximum absolute atomic E-state index is 6.25. The zero-order valence-electron chi connectivity index (χ0n) is 34.5. The van der Waals surface area contributed by atoms with Crippen LogP contribution in [-0.4, -0.2) is 0 Å². The highest BCUT2D eigenvalue weighted by Gasteiger charge is 2.18. The van der Waals surface area contributed by atoms with Crippen LogP contribution in [0.1, 0.15) is 0 Å². The summed E-state index contributed by atoms with van der Waals surface area (Å²) < 4.78 is 15.2. The number of anilines is 3. The van der Waals surface area contributed by atoms with Crippen LogP contribution in [0.5, 0.6) is 0 Å². The quantitative estimate of drug-likeness (QED) is 0.160. The lowest BCUT2D eigenvalue weighted by Gasteiger charge is -2.26. The number of nitrogens with zero attached hydrogens (tertiary/aromatic N) is 1. The molecule has 0 radical (unpaired) electrons. The molecule has 13 aromatic rings. The van der Waals surface area contributed by atoms with Gasteiger partial charge >= 0.3 is 0 Å². The third-order valence-electron chi connectivity index (χ3n) is 12.7. The Labute approximate surface area is 373 Å². The standard InChI is InChI=1S/C60H37NO2S/c1-4-17-53-51(11-1)58-46(13-8-19-55(58)62-53)40-28-34-44(35-29-40)61(45-36-30-41(31-37-45)47-14-9-20-56-59(47)52-12-2-5-18-54(52)63-56)43-32-26-39(27-33-43)38-22-24-42(25-23-38)48-15-7-16-50-49-10-3-6-21-57(49)64-60(48)50/h1-37H. The highest BCUT2D eigenvalue weighted by atomic mass is 32.1. The lowest BCUT2D eigenvalue weighted by Crippen LogP contribution is -2.09. The van der Waals surface area contributed by atoms with E-state index in [1.807, 2.05) is 35.6 Å². The van der Waals surface area contributed by atoms with Gasteiger partial charge in [0, 0.05) is 58.8 Å². The molecule has 0 saturated carbocycles. The molecule has 13 rings (SSSR count). The second kappa shape index (κ2) is 14.7. The van der Waals surface area contributed by atoms with E-state index in [4.69, 9.17) is 8.83 Å². The molecule has 0 aliphatic carbocycles. The molecule has 0 aliphatic rings. The maximum Gasteiger partial charge on any atom is 0.136 e. The van der Waals surface area contributed by atoms with Crippen LogP contribution in [-0.2, 0) is 0 Å². The van der Waals surface area contributed by atoms with Gasteiger partial charge in [-0.25, -0.2) is 0 Å². The smallest absolute Gasteiger partial charge is 0.136 e. The number of hydrogen-bond donors (Lipinski definition) is 0. The molecule has 64 heavy (non-hydrogen) atoms. The average molecular weight is 836 g/mol. The van der Waals surface area contributed by atoms with Crippen LogP contribution in [0.15, 0.2) is 233 Å². The minimum Gasteiger partial charge on any atom is -0.456 e. The number of rotatable bonds is 7. The fourth-order valence-corrected chi connectivity index (χ4v) is 10.9. The minimum absolute atomic E-state index is 0.895. The zero-order valence-corrected chi connectivity index (χ0v) is 35.4. The van der Waals surface area contributed by atoms with Gasteiger partial charge in [0.15, 0.2) is 0 Å². The van der Waals surface area contributed by atoms with Gasteiger partial charge in [0.05, 0.1) is 0 Å². The normalized spacial score (nSPS) is 11.8. The largest absolute Gasteiger partial charge is 0.456 e. The highest BCUT2D eigenvalue weighted by Crippen LogP contribution is 2.43. The number of benzene rings is 10. The molecule has 0 spiro atoms. The monoisotopic (exact) mass is 835 g/mol. The number of furan rings is 2. The molecular formula is C60H37NO2S. The van der Waals surface area contributed by atoms with Crippen LogP contribution < -0.4 is 4.90 Å². The highest BCUT2D eigenvalue weighted by molar-refractivity contribution is 7.26. The second-order valence-corrected chi connectivity index (χ2v) is 17.4. The molecule has 0 bridgehead atoms. The Morgan fingerprint density at radius 1 is 0.281 bits per heavy atom. The van der Waals surface area contributed by atoms with Crippen molar-refractivity contribution < 1.29 is 8.83 Å². The predicted molar refractivity (Wildman–Crippen MR) is 270 cm³/mol. The van der Waals surface area contributed by atoms with E-state index >= 15 is 0 Å². The third-order valence-corrected chi connectivity index (χ3v) is 14.0. The van der Waals surface area contributed by atoms with Gasteiger partial charge in [-0.1, -0.05) is 158 Å². The molecule has 3 nitrogen and oxygen atoms in total. The Hall–Kier alpha value is -8.18. The van der Waals surface area contributed by atoms with Gasteiger partial charge in [-0.15, -0.1) is 11.3 Å². The summed E-state index contributed by atoms with van der Waals surface area (Å²) in [5.41, 5.74) is 16.2. The van der Waals surface area contributed by atoms with E-state index in [9.17, 15) is 0 Å². The van der Waals surface area contributed by atoms with Crippen LogP contribution in [0.25, 0.3) is 109 Å². The van der Waals surface area contributed by atoms with Crippen molar-refractivity contribution in [2.75, 3.05) is 4.90 Å². The molecule has 4 heteroatoms.